The van der Waals surface area contributed by atoms with Crippen molar-refractivity contribution < 1.29 is 0 Å². The van der Waals surface area contributed by atoms with E-state index in [0.717, 1.165) is 19.3 Å². The summed E-state index contributed by atoms with van der Waals surface area (Å²) in [4.78, 5) is 0. The van der Waals surface area contributed by atoms with Crippen LogP contribution in [0.15, 0.2) is 54.6 Å². The maximum atomic E-state index is 3.79. The van der Waals surface area contributed by atoms with E-state index < -0.39 is 0 Å². The van der Waals surface area contributed by atoms with Crippen molar-refractivity contribution in [3.8, 4) is 0 Å². The van der Waals surface area contributed by atoms with Crippen LogP contribution in [0, 0.1) is 6.92 Å². The molecule has 2 atom stereocenters. The molecule has 0 spiro atoms. The third kappa shape index (κ3) is 5.02. The number of benzene rings is 2. The van der Waals surface area contributed by atoms with Gasteiger partial charge >= 0.3 is 0 Å². The van der Waals surface area contributed by atoms with Crippen LogP contribution in [0.3, 0.4) is 0 Å². The highest BCUT2D eigenvalue weighted by Crippen LogP contribution is 2.12. The zero-order chi connectivity index (χ0) is 15.1. The molecule has 2 aromatic carbocycles. The van der Waals surface area contributed by atoms with E-state index >= 15 is 0 Å². The van der Waals surface area contributed by atoms with Crippen molar-refractivity contribution >= 4 is 0 Å². The van der Waals surface area contributed by atoms with E-state index in [4.69, 9.17) is 0 Å². The van der Waals surface area contributed by atoms with E-state index in [2.05, 4.69) is 80.7 Å². The van der Waals surface area contributed by atoms with E-state index in [-0.39, 0.29) is 0 Å². The fraction of sp³-hybridized carbons (Fsp3) is 0.400. The van der Waals surface area contributed by atoms with Gasteiger partial charge in [0.05, 0.1) is 0 Å². The SMILES string of the molecule is CCC(Cc1ccccc1)NC(C)Cc1ccccc1C. The molecule has 21 heavy (non-hydrogen) atoms. The molecule has 2 rings (SSSR count). The Bertz CT molecular complexity index is 533. The Kier molecular flexibility index (Phi) is 6.01. The van der Waals surface area contributed by atoms with Gasteiger partial charge in [0.25, 0.3) is 0 Å². The number of hydrogen-bond acceptors (Lipinski definition) is 1. The quantitative estimate of drug-likeness (QED) is 0.786. The molecule has 0 amide bonds. The Hall–Kier alpha value is -1.60. The van der Waals surface area contributed by atoms with Crippen molar-refractivity contribution in [3.05, 3.63) is 71.3 Å². The molecule has 0 heterocycles. The third-order valence-electron chi connectivity index (χ3n) is 4.13. The Labute approximate surface area is 129 Å². The summed E-state index contributed by atoms with van der Waals surface area (Å²) >= 11 is 0. The number of hydrogen-bond donors (Lipinski definition) is 1. The molecule has 1 nitrogen and oxygen atoms in total. The summed E-state index contributed by atoms with van der Waals surface area (Å²) in [6, 6.07) is 20.5. The maximum absolute atomic E-state index is 3.79. The van der Waals surface area contributed by atoms with E-state index in [0.29, 0.717) is 12.1 Å². The minimum absolute atomic E-state index is 0.500. The zero-order valence-corrected chi connectivity index (χ0v) is 13.5. The topological polar surface area (TPSA) is 12.0 Å². The van der Waals surface area contributed by atoms with Gasteiger partial charge in [-0.3, -0.25) is 0 Å². The molecule has 0 saturated carbocycles. The monoisotopic (exact) mass is 281 g/mol. The van der Waals surface area contributed by atoms with Gasteiger partial charge in [0, 0.05) is 12.1 Å². The molecule has 0 aliphatic carbocycles. The molecule has 0 fully saturated rings. The Morgan fingerprint density at radius 3 is 2.24 bits per heavy atom. The van der Waals surface area contributed by atoms with Crippen LogP contribution >= 0.6 is 0 Å². The summed E-state index contributed by atoms with van der Waals surface area (Å²) in [5.74, 6) is 0. The van der Waals surface area contributed by atoms with Crippen molar-refractivity contribution in [1.29, 1.82) is 0 Å². The first kappa shape index (κ1) is 15.8. The smallest absolute Gasteiger partial charge is 0.0107 e. The van der Waals surface area contributed by atoms with Crippen molar-refractivity contribution in [2.24, 2.45) is 0 Å². The summed E-state index contributed by atoms with van der Waals surface area (Å²) < 4.78 is 0. The molecule has 0 bridgehead atoms. The summed E-state index contributed by atoms with van der Waals surface area (Å²) in [6.45, 7) is 6.75. The van der Waals surface area contributed by atoms with Crippen LogP contribution in [0.5, 0.6) is 0 Å². The van der Waals surface area contributed by atoms with Gasteiger partial charge in [0.15, 0.2) is 0 Å². The number of aryl methyl sites for hydroxylation is 1. The van der Waals surface area contributed by atoms with E-state index in [1.807, 2.05) is 0 Å². The molecule has 0 aliphatic rings. The second-order valence-electron chi connectivity index (χ2n) is 5.99. The molecule has 0 aliphatic heterocycles. The van der Waals surface area contributed by atoms with Crippen molar-refractivity contribution in [2.45, 2.75) is 52.1 Å². The standard InChI is InChI=1S/C20H27N/c1-4-20(15-18-11-6-5-7-12-18)21-17(3)14-19-13-9-8-10-16(19)2/h5-13,17,20-21H,4,14-15H2,1-3H3. The number of nitrogens with one attached hydrogen (secondary N) is 1. The highest BCUT2D eigenvalue weighted by Gasteiger charge is 2.12. The van der Waals surface area contributed by atoms with E-state index in [1.165, 1.54) is 16.7 Å². The Balaban J connectivity index is 1.91. The molecular weight excluding hydrogens is 254 g/mol. The van der Waals surface area contributed by atoms with Gasteiger partial charge in [-0.25, -0.2) is 0 Å². The first-order valence-electron chi connectivity index (χ1n) is 8.03. The lowest BCUT2D eigenvalue weighted by Gasteiger charge is -2.23. The largest absolute Gasteiger partial charge is 0.311 e. The lowest BCUT2D eigenvalue weighted by Crippen LogP contribution is -2.38. The second-order valence-corrected chi connectivity index (χ2v) is 5.99. The maximum Gasteiger partial charge on any atom is 0.0107 e. The average molecular weight is 281 g/mol. The molecule has 0 saturated heterocycles. The van der Waals surface area contributed by atoms with Crippen molar-refractivity contribution in [1.82, 2.24) is 5.32 Å². The molecule has 2 unspecified atom stereocenters. The van der Waals surface area contributed by atoms with Gasteiger partial charge in [-0.05, 0) is 49.8 Å². The van der Waals surface area contributed by atoms with Crippen LogP contribution in [0.25, 0.3) is 0 Å². The normalized spacial score (nSPS) is 13.9. The zero-order valence-electron chi connectivity index (χ0n) is 13.5. The van der Waals surface area contributed by atoms with E-state index in [9.17, 15) is 0 Å². The fourth-order valence-corrected chi connectivity index (χ4v) is 2.85. The first-order valence-corrected chi connectivity index (χ1v) is 8.03. The van der Waals surface area contributed by atoms with Crippen LogP contribution in [0.1, 0.15) is 37.0 Å². The van der Waals surface area contributed by atoms with Gasteiger partial charge in [0.1, 0.15) is 0 Å². The minimum Gasteiger partial charge on any atom is -0.311 e. The second kappa shape index (κ2) is 7.99. The van der Waals surface area contributed by atoms with Gasteiger partial charge in [-0.2, -0.15) is 0 Å². The van der Waals surface area contributed by atoms with Crippen molar-refractivity contribution in [2.75, 3.05) is 0 Å². The van der Waals surface area contributed by atoms with Crippen LogP contribution in [0.4, 0.5) is 0 Å². The van der Waals surface area contributed by atoms with Crippen molar-refractivity contribution in [3.63, 3.8) is 0 Å². The van der Waals surface area contributed by atoms with Crippen LogP contribution in [0.2, 0.25) is 0 Å². The summed E-state index contributed by atoms with van der Waals surface area (Å²) in [5, 5.41) is 3.79. The minimum atomic E-state index is 0.500. The highest BCUT2D eigenvalue weighted by molar-refractivity contribution is 5.26. The van der Waals surface area contributed by atoms with Gasteiger partial charge in [-0.1, -0.05) is 61.5 Å². The highest BCUT2D eigenvalue weighted by atomic mass is 14.9. The molecule has 0 radical (unpaired) electrons. The predicted molar refractivity (Wildman–Crippen MR) is 91.7 cm³/mol. The molecule has 1 N–H and O–H groups in total. The molecule has 0 aromatic heterocycles. The summed E-state index contributed by atoms with van der Waals surface area (Å²) in [6.07, 6.45) is 3.36. The molecule has 2 aromatic rings. The third-order valence-corrected chi connectivity index (χ3v) is 4.13. The summed E-state index contributed by atoms with van der Waals surface area (Å²) in [5.41, 5.74) is 4.26. The molecule has 1 heteroatoms. The Morgan fingerprint density at radius 2 is 1.57 bits per heavy atom. The van der Waals surface area contributed by atoms with Gasteiger partial charge < -0.3 is 5.32 Å². The fourth-order valence-electron chi connectivity index (χ4n) is 2.85. The average Bonchev–Trinajstić information content (AvgIpc) is 2.50. The van der Waals surface area contributed by atoms with Crippen LogP contribution in [-0.2, 0) is 12.8 Å². The summed E-state index contributed by atoms with van der Waals surface area (Å²) in [7, 11) is 0. The van der Waals surface area contributed by atoms with Gasteiger partial charge in [0.2, 0.25) is 0 Å². The van der Waals surface area contributed by atoms with E-state index in [1.54, 1.807) is 0 Å². The van der Waals surface area contributed by atoms with Gasteiger partial charge in [-0.15, -0.1) is 0 Å². The van der Waals surface area contributed by atoms with Crippen LogP contribution in [-0.4, -0.2) is 12.1 Å². The lowest BCUT2D eigenvalue weighted by molar-refractivity contribution is 0.429. The first-order chi connectivity index (χ1) is 10.2. The number of rotatable bonds is 7. The molecular formula is C20H27N. The van der Waals surface area contributed by atoms with Crippen LogP contribution < -0.4 is 5.32 Å². The predicted octanol–water partition coefficient (Wildman–Crippen LogP) is 4.54. The Morgan fingerprint density at radius 1 is 0.905 bits per heavy atom. The lowest BCUT2D eigenvalue weighted by atomic mass is 9.99. The molecule has 112 valence electrons.